The number of hydrogen-bond donors (Lipinski definition) is 1. The lowest BCUT2D eigenvalue weighted by molar-refractivity contribution is 0.366. The van der Waals surface area contributed by atoms with Gasteiger partial charge in [-0.1, -0.05) is 33.2 Å². The molecule has 1 unspecified atom stereocenters. The smallest absolute Gasteiger partial charge is 0.148 e. The highest BCUT2D eigenvalue weighted by Gasteiger charge is 2.24. The van der Waals surface area contributed by atoms with Gasteiger partial charge in [-0.15, -0.1) is 0 Å². The summed E-state index contributed by atoms with van der Waals surface area (Å²) in [7, 11) is 0. The maximum atomic E-state index is 5.44. The summed E-state index contributed by atoms with van der Waals surface area (Å²) in [5.41, 5.74) is 2.27. The van der Waals surface area contributed by atoms with Crippen LogP contribution in [-0.4, -0.2) is 18.2 Å². The second kappa shape index (κ2) is 4.63. The Morgan fingerprint density at radius 2 is 2.35 bits per heavy atom. The van der Waals surface area contributed by atoms with Crippen molar-refractivity contribution in [3.8, 4) is 11.1 Å². The summed E-state index contributed by atoms with van der Waals surface area (Å²) >= 11 is 3.49. The van der Waals surface area contributed by atoms with Gasteiger partial charge < -0.3 is 9.84 Å². The fraction of sp³-hybridized carbons (Fsp3) is 0.308. The SMILES string of the molecule is Brc1cccc(-c2cnoc2C2CCNC2)c1. The molecule has 1 atom stereocenters. The average molecular weight is 293 g/mol. The van der Waals surface area contributed by atoms with Crippen molar-refractivity contribution in [3.63, 3.8) is 0 Å². The molecule has 3 rings (SSSR count). The number of nitrogens with zero attached hydrogens (tertiary/aromatic N) is 1. The van der Waals surface area contributed by atoms with Crippen molar-refractivity contribution < 1.29 is 4.52 Å². The predicted molar refractivity (Wildman–Crippen MR) is 69.9 cm³/mol. The van der Waals surface area contributed by atoms with Gasteiger partial charge in [0.15, 0.2) is 0 Å². The molecule has 3 nitrogen and oxygen atoms in total. The van der Waals surface area contributed by atoms with Gasteiger partial charge in [0.25, 0.3) is 0 Å². The van der Waals surface area contributed by atoms with E-state index in [-0.39, 0.29) is 0 Å². The zero-order valence-electron chi connectivity index (χ0n) is 9.32. The number of halogens is 1. The molecule has 0 radical (unpaired) electrons. The molecule has 1 aromatic carbocycles. The van der Waals surface area contributed by atoms with Crippen molar-refractivity contribution in [2.45, 2.75) is 12.3 Å². The molecule has 1 saturated heterocycles. The topological polar surface area (TPSA) is 38.1 Å². The fourth-order valence-corrected chi connectivity index (χ4v) is 2.69. The Morgan fingerprint density at radius 1 is 1.41 bits per heavy atom. The third-order valence-electron chi connectivity index (χ3n) is 3.17. The van der Waals surface area contributed by atoms with Crippen LogP contribution in [0.15, 0.2) is 39.5 Å². The summed E-state index contributed by atoms with van der Waals surface area (Å²) in [5, 5.41) is 7.31. The predicted octanol–water partition coefficient (Wildman–Crippen LogP) is 3.18. The Bertz CT molecular complexity index is 518. The quantitative estimate of drug-likeness (QED) is 0.924. The Balaban J connectivity index is 2.00. The lowest BCUT2D eigenvalue weighted by Gasteiger charge is -2.07. The molecule has 17 heavy (non-hydrogen) atoms. The number of hydrogen-bond acceptors (Lipinski definition) is 3. The van der Waals surface area contributed by atoms with Crippen LogP contribution in [0.2, 0.25) is 0 Å². The van der Waals surface area contributed by atoms with Crippen LogP contribution < -0.4 is 5.32 Å². The van der Waals surface area contributed by atoms with Crippen molar-refractivity contribution in [1.29, 1.82) is 0 Å². The van der Waals surface area contributed by atoms with Gasteiger partial charge in [-0.2, -0.15) is 0 Å². The number of benzene rings is 1. The first-order chi connectivity index (χ1) is 8.34. The summed E-state index contributed by atoms with van der Waals surface area (Å²) in [4.78, 5) is 0. The van der Waals surface area contributed by atoms with Gasteiger partial charge in [0, 0.05) is 22.5 Å². The molecular weight excluding hydrogens is 280 g/mol. The Morgan fingerprint density at radius 3 is 3.12 bits per heavy atom. The molecule has 1 aliphatic rings. The molecule has 0 aliphatic carbocycles. The highest BCUT2D eigenvalue weighted by Crippen LogP contribution is 2.33. The van der Waals surface area contributed by atoms with E-state index < -0.39 is 0 Å². The molecule has 0 saturated carbocycles. The summed E-state index contributed by atoms with van der Waals surface area (Å²) in [5.74, 6) is 1.46. The molecule has 1 N–H and O–H groups in total. The van der Waals surface area contributed by atoms with Crippen LogP contribution in [0, 0.1) is 0 Å². The molecule has 0 spiro atoms. The van der Waals surface area contributed by atoms with Crippen LogP contribution in [0.5, 0.6) is 0 Å². The minimum absolute atomic E-state index is 0.450. The number of rotatable bonds is 2. The lowest BCUT2D eigenvalue weighted by atomic mass is 9.98. The summed E-state index contributed by atoms with van der Waals surface area (Å²) in [6, 6.07) is 8.23. The first kappa shape index (κ1) is 11.0. The van der Waals surface area contributed by atoms with Gasteiger partial charge in [-0.25, -0.2) is 0 Å². The molecule has 0 amide bonds. The first-order valence-corrected chi connectivity index (χ1v) is 6.55. The normalized spacial score (nSPS) is 19.7. The maximum absolute atomic E-state index is 5.44. The minimum Gasteiger partial charge on any atom is -0.360 e. The molecule has 2 aromatic rings. The zero-order chi connectivity index (χ0) is 11.7. The zero-order valence-corrected chi connectivity index (χ0v) is 10.9. The van der Waals surface area contributed by atoms with Crippen molar-refractivity contribution in [2.75, 3.05) is 13.1 Å². The summed E-state index contributed by atoms with van der Waals surface area (Å²) in [6.45, 7) is 2.04. The maximum Gasteiger partial charge on any atom is 0.148 e. The average Bonchev–Trinajstić information content (AvgIpc) is 3.00. The second-order valence-corrected chi connectivity index (χ2v) is 5.22. The minimum atomic E-state index is 0.450. The molecule has 1 aliphatic heterocycles. The van der Waals surface area contributed by atoms with Crippen LogP contribution in [0.3, 0.4) is 0 Å². The highest BCUT2D eigenvalue weighted by atomic mass is 79.9. The number of nitrogens with one attached hydrogen (secondary N) is 1. The van der Waals surface area contributed by atoms with Crippen molar-refractivity contribution in [1.82, 2.24) is 10.5 Å². The van der Waals surface area contributed by atoms with E-state index in [1.165, 1.54) is 0 Å². The standard InChI is InChI=1S/C13H13BrN2O/c14-11-3-1-2-9(6-11)12-8-16-17-13(12)10-4-5-15-7-10/h1-3,6,8,10,15H,4-5,7H2. The Labute approximate surface area is 108 Å². The van der Waals surface area contributed by atoms with Gasteiger partial charge in [-0.05, 0) is 30.7 Å². The van der Waals surface area contributed by atoms with E-state index in [2.05, 4.69) is 38.5 Å². The second-order valence-electron chi connectivity index (χ2n) is 4.30. The Hall–Kier alpha value is -1.13. The first-order valence-electron chi connectivity index (χ1n) is 5.76. The third kappa shape index (κ3) is 2.15. The summed E-state index contributed by atoms with van der Waals surface area (Å²) in [6.07, 6.45) is 2.94. The van der Waals surface area contributed by atoms with E-state index in [9.17, 15) is 0 Å². The van der Waals surface area contributed by atoms with Gasteiger partial charge >= 0.3 is 0 Å². The van der Waals surface area contributed by atoms with Crippen molar-refractivity contribution in [2.24, 2.45) is 0 Å². The van der Waals surface area contributed by atoms with E-state index in [4.69, 9.17) is 4.52 Å². The molecular formula is C13H13BrN2O. The molecule has 0 bridgehead atoms. The van der Waals surface area contributed by atoms with Crippen LogP contribution in [0.4, 0.5) is 0 Å². The highest BCUT2D eigenvalue weighted by molar-refractivity contribution is 9.10. The molecule has 1 fully saturated rings. The van der Waals surface area contributed by atoms with E-state index in [0.717, 1.165) is 40.9 Å². The van der Waals surface area contributed by atoms with Crippen molar-refractivity contribution >= 4 is 15.9 Å². The Kier molecular flexibility index (Phi) is 2.99. The van der Waals surface area contributed by atoms with E-state index in [1.54, 1.807) is 0 Å². The molecule has 4 heteroatoms. The van der Waals surface area contributed by atoms with Crippen LogP contribution >= 0.6 is 15.9 Å². The molecule has 88 valence electrons. The monoisotopic (exact) mass is 292 g/mol. The van der Waals surface area contributed by atoms with Gasteiger partial charge in [0.05, 0.1) is 6.20 Å². The van der Waals surface area contributed by atoms with Crippen LogP contribution in [0.1, 0.15) is 18.1 Å². The number of aromatic nitrogens is 1. The van der Waals surface area contributed by atoms with Gasteiger partial charge in [0.2, 0.25) is 0 Å². The van der Waals surface area contributed by atoms with E-state index in [0.29, 0.717) is 5.92 Å². The van der Waals surface area contributed by atoms with E-state index in [1.807, 2.05) is 18.3 Å². The van der Waals surface area contributed by atoms with Gasteiger partial charge in [0.1, 0.15) is 5.76 Å². The van der Waals surface area contributed by atoms with Crippen LogP contribution in [0.25, 0.3) is 11.1 Å². The molecule has 2 heterocycles. The van der Waals surface area contributed by atoms with Crippen LogP contribution in [-0.2, 0) is 0 Å². The largest absolute Gasteiger partial charge is 0.360 e. The third-order valence-corrected chi connectivity index (χ3v) is 3.66. The summed E-state index contributed by atoms with van der Waals surface area (Å²) < 4.78 is 6.51. The molecule has 1 aromatic heterocycles. The van der Waals surface area contributed by atoms with Crippen molar-refractivity contribution in [3.05, 3.63) is 40.7 Å². The lowest BCUT2D eigenvalue weighted by Crippen LogP contribution is -2.07. The van der Waals surface area contributed by atoms with Gasteiger partial charge in [-0.3, -0.25) is 0 Å². The van der Waals surface area contributed by atoms with E-state index >= 15 is 0 Å². The fourth-order valence-electron chi connectivity index (χ4n) is 2.29.